The normalized spacial score (nSPS) is 15.2. The van der Waals surface area contributed by atoms with Gasteiger partial charge in [-0.1, -0.05) is 6.92 Å². The third-order valence-corrected chi connectivity index (χ3v) is 3.92. The van der Waals surface area contributed by atoms with E-state index in [1.807, 2.05) is 6.92 Å². The Labute approximate surface area is 151 Å². The molecule has 0 saturated carbocycles. The molecule has 0 radical (unpaired) electrons. The zero-order chi connectivity index (χ0) is 18.4. The van der Waals surface area contributed by atoms with Gasteiger partial charge in [-0.15, -0.1) is 0 Å². The van der Waals surface area contributed by atoms with E-state index in [-0.39, 0.29) is 11.6 Å². The van der Waals surface area contributed by atoms with Crippen molar-refractivity contribution in [1.29, 1.82) is 0 Å². The molecule has 3 rings (SSSR count). The molecule has 1 fully saturated rings. The van der Waals surface area contributed by atoms with Crippen LogP contribution in [0.2, 0.25) is 0 Å². The van der Waals surface area contributed by atoms with Gasteiger partial charge in [0, 0.05) is 54.8 Å². The lowest BCUT2D eigenvalue weighted by Crippen LogP contribution is -2.40. The molecule has 1 saturated heterocycles. The van der Waals surface area contributed by atoms with Crippen molar-refractivity contribution >= 4 is 23.4 Å². The standard InChI is InChI=1S/C18H22N6O2/c1-2-5-24-10-15(3-4-17(24)25)20-7-13(6-19)14-8-21-18(22-9-14)23-16-11-26-12-16/h3-4,6-10,16H,2,5,11-12,19H2,1H3,(H,21,22,23). The molecule has 1 aliphatic rings. The van der Waals surface area contributed by atoms with Crippen LogP contribution in [0.3, 0.4) is 0 Å². The van der Waals surface area contributed by atoms with Crippen molar-refractivity contribution in [3.05, 3.63) is 52.8 Å². The van der Waals surface area contributed by atoms with Gasteiger partial charge in [0.15, 0.2) is 0 Å². The molecule has 2 aromatic heterocycles. The van der Waals surface area contributed by atoms with Crippen molar-refractivity contribution in [2.24, 2.45) is 10.7 Å². The number of aromatic nitrogens is 3. The lowest BCUT2D eigenvalue weighted by atomic mass is 10.1. The molecule has 0 amide bonds. The highest BCUT2D eigenvalue weighted by molar-refractivity contribution is 6.10. The fraction of sp³-hybridized carbons (Fsp3) is 0.333. The Morgan fingerprint density at radius 1 is 1.42 bits per heavy atom. The fourth-order valence-corrected chi connectivity index (χ4v) is 2.42. The van der Waals surface area contributed by atoms with Crippen molar-refractivity contribution in [3.8, 4) is 0 Å². The number of nitrogens with two attached hydrogens (primary N) is 1. The number of rotatable bonds is 7. The quantitative estimate of drug-likeness (QED) is 0.731. The molecule has 0 aromatic carbocycles. The summed E-state index contributed by atoms with van der Waals surface area (Å²) in [5.74, 6) is 0.557. The molecule has 2 aromatic rings. The van der Waals surface area contributed by atoms with Crippen LogP contribution < -0.4 is 16.6 Å². The fourth-order valence-electron chi connectivity index (χ4n) is 2.42. The zero-order valence-electron chi connectivity index (χ0n) is 14.6. The molecule has 0 unspecified atom stereocenters. The number of hydrogen-bond acceptors (Lipinski definition) is 7. The Balaban J connectivity index is 1.71. The summed E-state index contributed by atoms with van der Waals surface area (Å²) < 4.78 is 6.75. The van der Waals surface area contributed by atoms with Crippen molar-refractivity contribution in [2.75, 3.05) is 18.5 Å². The van der Waals surface area contributed by atoms with Crippen molar-refractivity contribution in [1.82, 2.24) is 14.5 Å². The minimum Gasteiger partial charge on any atom is -0.404 e. The largest absolute Gasteiger partial charge is 0.404 e. The van der Waals surface area contributed by atoms with E-state index >= 15 is 0 Å². The number of anilines is 1. The molecule has 3 N–H and O–H groups in total. The number of allylic oxidation sites excluding steroid dienone is 1. The van der Waals surface area contributed by atoms with Gasteiger partial charge in [-0.05, 0) is 12.5 Å². The van der Waals surface area contributed by atoms with Crippen LogP contribution in [0, 0.1) is 0 Å². The third-order valence-electron chi connectivity index (χ3n) is 3.92. The van der Waals surface area contributed by atoms with Gasteiger partial charge in [-0.3, -0.25) is 9.79 Å². The van der Waals surface area contributed by atoms with Crippen molar-refractivity contribution < 1.29 is 4.74 Å². The Morgan fingerprint density at radius 3 is 2.81 bits per heavy atom. The van der Waals surface area contributed by atoms with E-state index in [2.05, 4.69) is 20.3 Å². The average Bonchev–Trinajstić information content (AvgIpc) is 2.62. The second kappa shape index (κ2) is 8.39. The summed E-state index contributed by atoms with van der Waals surface area (Å²) in [5, 5.41) is 3.18. The van der Waals surface area contributed by atoms with Gasteiger partial charge < -0.3 is 20.4 Å². The van der Waals surface area contributed by atoms with Gasteiger partial charge in [0.2, 0.25) is 5.95 Å². The Morgan fingerprint density at radius 2 is 2.19 bits per heavy atom. The summed E-state index contributed by atoms with van der Waals surface area (Å²) in [6, 6.07) is 3.47. The molecule has 3 heterocycles. The van der Waals surface area contributed by atoms with Crippen molar-refractivity contribution in [2.45, 2.75) is 25.9 Å². The van der Waals surface area contributed by atoms with Crippen LogP contribution in [-0.4, -0.2) is 40.0 Å². The smallest absolute Gasteiger partial charge is 0.250 e. The third kappa shape index (κ3) is 4.34. The van der Waals surface area contributed by atoms with E-state index in [1.54, 1.807) is 35.4 Å². The van der Waals surface area contributed by atoms with Gasteiger partial charge in [0.1, 0.15) is 0 Å². The lowest BCUT2D eigenvalue weighted by molar-refractivity contribution is 0.0208. The zero-order valence-corrected chi connectivity index (χ0v) is 14.6. The molecule has 26 heavy (non-hydrogen) atoms. The Hall–Kier alpha value is -3.00. The molecule has 136 valence electrons. The van der Waals surface area contributed by atoms with Crippen LogP contribution in [0.1, 0.15) is 18.9 Å². The Bertz CT molecular complexity index is 853. The molecular formula is C18H22N6O2. The lowest BCUT2D eigenvalue weighted by Gasteiger charge is -2.26. The predicted molar refractivity (Wildman–Crippen MR) is 102 cm³/mol. The maximum absolute atomic E-state index is 11.8. The summed E-state index contributed by atoms with van der Waals surface area (Å²) in [7, 11) is 0. The second-order valence-electron chi connectivity index (χ2n) is 5.97. The molecule has 1 aliphatic heterocycles. The highest BCUT2D eigenvalue weighted by Gasteiger charge is 2.18. The molecule has 0 bridgehead atoms. The van der Waals surface area contributed by atoms with E-state index in [0.717, 1.165) is 12.0 Å². The Kier molecular flexibility index (Phi) is 5.75. The van der Waals surface area contributed by atoms with Crippen LogP contribution >= 0.6 is 0 Å². The first kappa shape index (κ1) is 17.8. The first-order valence-electron chi connectivity index (χ1n) is 8.52. The monoisotopic (exact) mass is 354 g/mol. The van der Waals surface area contributed by atoms with Gasteiger partial charge in [-0.25, -0.2) is 9.97 Å². The minimum absolute atomic E-state index is 0.0336. The van der Waals surface area contributed by atoms with E-state index in [0.29, 0.717) is 37.0 Å². The van der Waals surface area contributed by atoms with Crippen LogP contribution in [0.25, 0.3) is 5.57 Å². The van der Waals surface area contributed by atoms with Crippen LogP contribution in [-0.2, 0) is 11.3 Å². The summed E-state index contributed by atoms with van der Waals surface area (Å²) in [5.41, 5.74) is 7.82. The van der Waals surface area contributed by atoms with Gasteiger partial charge in [0.05, 0.1) is 24.9 Å². The SMILES string of the molecule is CCCn1cc(N=CC(=CN)c2cnc(NC3COC3)nc2)ccc1=O. The highest BCUT2D eigenvalue weighted by Crippen LogP contribution is 2.15. The number of ether oxygens (including phenoxy) is 1. The van der Waals surface area contributed by atoms with Gasteiger partial charge in [-0.2, -0.15) is 0 Å². The van der Waals surface area contributed by atoms with Crippen LogP contribution in [0.5, 0.6) is 0 Å². The van der Waals surface area contributed by atoms with Gasteiger partial charge in [0.25, 0.3) is 5.56 Å². The highest BCUT2D eigenvalue weighted by atomic mass is 16.5. The number of pyridine rings is 1. The molecule has 8 nitrogen and oxygen atoms in total. The number of hydrogen-bond donors (Lipinski definition) is 2. The molecule has 0 aliphatic carbocycles. The molecule has 8 heteroatoms. The van der Waals surface area contributed by atoms with Crippen LogP contribution in [0.4, 0.5) is 11.6 Å². The van der Waals surface area contributed by atoms with E-state index in [4.69, 9.17) is 10.5 Å². The van der Waals surface area contributed by atoms with E-state index in [9.17, 15) is 4.79 Å². The number of aliphatic imine (C=N–C) groups is 1. The first-order chi connectivity index (χ1) is 12.7. The number of aryl methyl sites for hydroxylation is 1. The van der Waals surface area contributed by atoms with Crippen molar-refractivity contribution in [3.63, 3.8) is 0 Å². The summed E-state index contributed by atoms with van der Waals surface area (Å²) in [6.07, 6.45) is 9.10. The first-order valence-corrected chi connectivity index (χ1v) is 8.52. The minimum atomic E-state index is -0.0336. The molecular weight excluding hydrogens is 332 g/mol. The second-order valence-corrected chi connectivity index (χ2v) is 5.97. The summed E-state index contributed by atoms with van der Waals surface area (Å²) in [4.78, 5) is 24.8. The van der Waals surface area contributed by atoms with Crippen LogP contribution in [0.15, 0.2) is 46.7 Å². The molecule has 0 atom stereocenters. The summed E-state index contributed by atoms with van der Waals surface area (Å²) in [6.45, 7) is 4.03. The maximum atomic E-state index is 11.8. The van der Waals surface area contributed by atoms with Gasteiger partial charge >= 0.3 is 0 Å². The molecule has 0 spiro atoms. The topological polar surface area (TPSA) is 107 Å². The van der Waals surface area contributed by atoms with E-state index < -0.39 is 0 Å². The average molecular weight is 354 g/mol. The number of nitrogens with one attached hydrogen (secondary N) is 1. The maximum Gasteiger partial charge on any atom is 0.250 e. The summed E-state index contributed by atoms with van der Waals surface area (Å²) >= 11 is 0. The number of nitrogens with zero attached hydrogens (tertiary/aromatic N) is 4. The predicted octanol–water partition coefficient (Wildman–Crippen LogP) is 1.56. The van der Waals surface area contributed by atoms with E-state index in [1.165, 1.54) is 12.3 Å².